The topological polar surface area (TPSA) is 21.3 Å². The fourth-order valence-electron chi connectivity index (χ4n) is 3.01. The molecule has 0 aliphatic heterocycles. The van der Waals surface area contributed by atoms with Gasteiger partial charge in [-0.3, -0.25) is 0 Å². The number of para-hydroxylation sites is 1. The predicted octanol–water partition coefficient (Wildman–Crippen LogP) is 2.73. The molecule has 0 heterocycles. The molecule has 0 spiro atoms. The summed E-state index contributed by atoms with van der Waals surface area (Å²) in [6.07, 6.45) is 5.21. The largest absolute Gasteiger partial charge is 0.496 e. The summed E-state index contributed by atoms with van der Waals surface area (Å²) >= 11 is 0. The van der Waals surface area contributed by atoms with Crippen LogP contribution in [0, 0.1) is 0 Å². The second-order valence-electron chi connectivity index (χ2n) is 4.72. The Labute approximate surface area is 98.0 Å². The van der Waals surface area contributed by atoms with Crippen LogP contribution < -0.4 is 10.1 Å². The van der Waals surface area contributed by atoms with Gasteiger partial charge in [0.25, 0.3) is 0 Å². The van der Waals surface area contributed by atoms with Crippen molar-refractivity contribution in [1.29, 1.82) is 0 Å². The van der Waals surface area contributed by atoms with E-state index in [2.05, 4.69) is 23.5 Å². The fraction of sp³-hybridized carbons (Fsp3) is 0.571. The van der Waals surface area contributed by atoms with Crippen LogP contribution in [0.3, 0.4) is 0 Å². The van der Waals surface area contributed by atoms with Crippen molar-refractivity contribution in [2.24, 2.45) is 0 Å². The Bertz CT molecular complexity index is 342. The molecule has 0 aromatic heterocycles. The Hall–Kier alpha value is -1.02. The molecule has 1 aromatic rings. The van der Waals surface area contributed by atoms with Crippen LogP contribution in [0.25, 0.3) is 0 Å². The van der Waals surface area contributed by atoms with E-state index in [1.165, 1.54) is 31.2 Å². The van der Waals surface area contributed by atoms with E-state index in [4.69, 9.17) is 4.74 Å². The van der Waals surface area contributed by atoms with Crippen molar-refractivity contribution >= 4 is 0 Å². The number of rotatable bonds is 4. The number of ether oxygens (including phenoxy) is 1. The van der Waals surface area contributed by atoms with Gasteiger partial charge in [-0.2, -0.15) is 0 Å². The van der Waals surface area contributed by atoms with Gasteiger partial charge < -0.3 is 10.1 Å². The highest BCUT2D eigenvalue weighted by atomic mass is 16.5. The van der Waals surface area contributed by atoms with Gasteiger partial charge in [0.15, 0.2) is 0 Å². The zero-order valence-electron chi connectivity index (χ0n) is 10.3. The Morgan fingerprint density at radius 3 is 2.56 bits per heavy atom. The van der Waals surface area contributed by atoms with Crippen LogP contribution in [0.1, 0.15) is 31.2 Å². The summed E-state index contributed by atoms with van der Waals surface area (Å²) in [5.41, 5.74) is 1.67. The Morgan fingerprint density at radius 1 is 1.25 bits per heavy atom. The minimum absolute atomic E-state index is 0.293. The molecule has 88 valence electrons. The van der Waals surface area contributed by atoms with Gasteiger partial charge in [-0.25, -0.2) is 0 Å². The van der Waals surface area contributed by atoms with Crippen LogP contribution in [0.2, 0.25) is 0 Å². The number of likely N-dealkylation sites (N-methyl/N-ethyl adjacent to an activating group) is 1. The average molecular weight is 219 g/mol. The Balaban J connectivity index is 2.38. The van der Waals surface area contributed by atoms with Gasteiger partial charge in [0, 0.05) is 17.5 Å². The molecule has 2 rings (SSSR count). The van der Waals surface area contributed by atoms with Crippen LogP contribution in [0.4, 0.5) is 0 Å². The van der Waals surface area contributed by atoms with E-state index in [-0.39, 0.29) is 0 Å². The average Bonchev–Trinajstić information content (AvgIpc) is 2.79. The van der Waals surface area contributed by atoms with Gasteiger partial charge in [0.1, 0.15) is 5.75 Å². The number of benzene rings is 1. The third-order valence-electron chi connectivity index (χ3n) is 3.75. The van der Waals surface area contributed by atoms with E-state index in [1.807, 2.05) is 13.1 Å². The third-order valence-corrected chi connectivity index (χ3v) is 3.75. The minimum Gasteiger partial charge on any atom is -0.496 e. The van der Waals surface area contributed by atoms with Gasteiger partial charge in [-0.05, 0) is 26.0 Å². The summed E-state index contributed by atoms with van der Waals surface area (Å²) in [4.78, 5) is 0. The van der Waals surface area contributed by atoms with Crippen molar-refractivity contribution in [3.63, 3.8) is 0 Å². The molecule has 1 N–H and O–H groups in total. The van der Waals surface area contributed by atoms with E-state index in [9.17, 15) is 0 Å². The van der Waals surface area contributed by atoms with E-state index >= 15 is 0 Å². The van der Waals surface area contributed by atoms with Crippen molar-refractivity contribution < 1.29 is 4.74 Å². The molecule has 1 aliphatic rings. The van der Waals surface area contributed by atoms with Gasteiger partial charge in [0.05, 0.1) is 7.11 Å². The van der Waals surface area contributed by atoms with Gasteiger partial charge in [-0.1, -0.05) is 31.0 Å². The molecule has 2 heteroatoms. The first-order chi connectivity index (χ1) is 7.82. The monoisotopic (exact) mass is 219 g/mol. The summed E-state index contributed by atoms with van der Waals surface area (Å²) in [5.74, 6) is 1.04. The summed E-state index contributed by atoms with van der Waals surface area (Å²) in [6, 6.07) is 8.46. The molecule has 0 atom stereocenters. The summed E-state index contributed by atoms with van der Waals surface area (Å²) in [6.45, 7) is 1.05. The SMILES string of the molecule is CNCC1(c2ccccc2OC)CCCC1. The molecular weight excluding hydrogens is 198 g/mol. The van der Waals surface area contributed by atoms with Crippen LogP contribution in [-0.2, 0) is 5.41 Å². The predicted molar refractivity (Wildman–Crippen MR) is 67.1 cm³/mol. The summed E-state index contributed by atoms with van der Waals surface area (Å²) < 4.78 is 5.50. The summed E-state index contributed by atoms with van der Waals surface area (Å²) in [7, 11) is 3.80. The van der Waals surface area contributed by atoms with Gasteiger partial charge in [-0.15, -0.1) is 0 Å². The van der Waals surface area contributed by atoms with Gasteiger partial charge >= 0.3 is 0 Å². The maximum absolute atomic E-state index is 5.50. The molecule has 0 saturated heterocycles. The number of methoxy groups -OCH3 is 1. The molecule has 16 heavy (non-hydrogen) atoms. The molecule has 0 amide bonds. The molecular formula is C14H21NO. The van der Waals surface area contributed by atoms with Crippen LogP contribution >= 0.6 is 0 Å². The smallest absolute Gasteiger partial charge is 0.122 e. The molecule has 1 fully saturated rings. The molecule has 0 bridgehead atoms. The normalized spacial score (nSPS) is 18.6. The third kappa shape index (κ3) is 1.94. The number of nitrogens with one attached hydrogen (secondary N) is 1. The molecule has 1 aromatic carbocycles. The second-order valence-corrected chi connectivity index (χ2v) is 4.72. The van der Waals surface area contributed by atoms with E-state index in [0.717, 1.165) is 12.3 Å². The zero-order valence-corrected chi connectivity index (χ0v) is 10.3. The number of hydrogen-bond donors (Lipinski definition) is 1. The van der Waals surface area contributed by atoms with Crippen molar-refractivity contribution in [1.82, 2.24) is 5.32 Å². The lowest BCUT2D eigenvalue weighted by atomic mass is 9.78. The molecule has 1 aliphatic carbocycles. The highest BCUT2D eigenvalue weighted by Crippen LogP contribution is 2.44. The van der Waals surface area contributed by atoms with Crippen LogP contribution in [0.5, 0.6) is 5.75 Å². The van der Waals surface area contributed by atoms with Crippen molar-refractivity contribution in [3.05, 3.63) is 29.8 Å². The van der Waals surface area contributed by atoms with Crippen LogP contribution in [-0.4, -0.2) is 20.7 Å². The maximum Gasteiger partial charge on any atom is 0.122 e. The standard InChI is InChI=1S/C14H21NO/c1-15-11-14(9-5-6-10-14)12-7-3-4-8-13(12)16-2/h3-4,7-8,15H,5-6,9-11H2,1-2H3. The highest BCUT2D eigenvalue weighted by Gasteiger charge is 2.36. The lowest BCUT2D eigenvalue weighted by molar-refractivity contribution is 0.367. The second kappa shape index (κ2) is 4.88. The Morgan fingerprint density at radius 2 is 1.94 bits per heavy atom. The lowest BCUT2D eigenvalue weighted by Crippen LogP contribution is -2.34. The molecule has 0 radical (unpaired) electrons. The first-order valence-electron chi connectivity index (χ1n) is 6.10. The quantitative estimate of drug-likeness (QED) is 0.840. The van der Waals surface area contributed by atoms with Crippen molar-refractivity contribution in [2.75, 3.05) is 20.7 Å². The van der Waals surface area contributed by atoms with E-state index < -0.39 is 0 Å². The van der Waals surface area contributed by atoms with E-state index in [0.29, 0.717) is 5.41 Å². The van der Waals surface area contributed by atoms with Crippen molar-refractivity contribution in [3.8, 4) is 5.75 Å². The lowest BCUT2D eigenvalue weighted by Gasteiger charge is -2.30. The summed E-state index contributed by atoms with van der Waals surface area (Å²) in [5, 5.41) is 3.34. The van der Waals surface area contributed by atoms with Crippen molar-refractivity contribution in [2.45, 2.75) is 31.1 Å². The minimum atomic E-state index is 0.293. The zero-order chi connectivity index (χ0) is 11.4. The molecule has 0 unspecified atom stereocenters. The fourth-order valence-corrected chi connectivity index (χ4v) is 3.01. The first-order valence-corrected chi connectivity index (χ1v) is 6.10. The first kappa shape index (κ1) is 11.5. The maximum atomic E-state index is 5.50. The molecule has 2 nitrogen and oxygen atoms in total. The van der Waals surface area contributed by atoms with Crippen LogP contribution in [0.15, 0.2) is 24.3 Å². The number of hydrogen-bond acceptors (Lipinski definition) is 2. The van der Waals surface area contributed by atoms with Gasteiger partial charge in [0.2, 0.25) is 0 Å². The molecule has 1 saturated carbocycles. The Kier molecular flexibility index (Phi) is 3.49. The van der Waals surface area contributed by atoms with E-state index in [1.54, 1.807) is 7.11 Å². The highest BCUT2D eigenvalue weighted by molar-refractivity contribution is 5.40.